The van der Waals surface area contributed by atoms with E-state index in [-0.39, 0.29) is 5.92 Å². The van der Waals surface area contributed by atoms with Gasteiger partial charge in [0.2, 0.25) is 0 Å². The first-order chi connectivity index (χ1) is 26.3. The van der Waals surface area contributed by atoms with Crippen LogP contribution in [-0.4, -0.2) is 10.1 Å². The fourth-order valence-electron chi connectivity index (χ4n) is 8.92. The minimum Gasteiger partial charge on any atom is -0.329 e. The van der Waals surface area contributed by atoms with Crippen LogP contribution in [0.4, 0.5) is 5.69 Å². The summed E-state index contributed by atoms with van der Waals surface area (Å²) in [6.07, 6.45) is 16.6. The largest absolute Gasteiger partial charge is 0.329 e. The standard InChI is InChI=1S/C49H43N5/c1-7-14-41(44(9-3)54-48-37(31-52)17-13-19-39(48)33(6)49(54,10-4)25-8-2)42-26-34(29-50)21-23-40(42)36-16-12-18-38(28-36)53-45-24-22-35(30-51)27-43(45)47-32(5)15-11-20-46(47)53/h7-9,11-14,16-28,32-33H,3,10,15H2,1-2,4-6H3/b14-7-,25-8-,44-41-. The van der Waals surface area contributed by atoms with Gasteiger partial charge in [0.25, 0.3) is 0 Å². The van der Waals surface area contributed by atoms with Gasteiger partial charge in [-0.1, -0.05) is 88.1 Å². The van der Waals surface area contributed by atoms with Gasteiger partial charge < -0.3 is 9.47 Å². The van der Waals surface area contributed by atoms with Crippen molar-refractivity contribution in [1.82, 2.24) is 4.57 Å². The Morgan fingerprint density at radius 1 is 0.907 bits per heavy atom. The average Bonchev–Trinajstić information content (AvgIpc) is 3.67. The molecule has 54 heavy (non-hydrogen) atoms. The van der Waals surface area contributed by atoms with Crippen molar-refractivity contribution < 1.29 is 0 Å². The molecule has 2 aliphatic rings. The second kappa shape index (κ2) is 14.4. The highest BCUT2D eigenvalue weighted by Gasteiger charge is 2.49. The van der Waals surface area contributed by atoms with E-state index in [1.54, 1.807) is 0 Å². The molecule has 1 aliphatic carbocycles. The summed E-state index contributed by atoms with van der Waals surface area (Å²) in [6, 6.07) is 33.6. The molecule has 5 nitrogen and oxygen atoms in total. The molecule has 3 atom stereocenters. The molecule has 7 rings (SSSR count). The van der Waals surface area contributed by atoms with Crippen LogP contribution >= 0.6 is 0 Å². The molecule has 0 bridgehead atoms. The van der Waals surface area contributed by atoms with Crippen molar-refractivity contribution in [3.63, 3.8) is 0 Å². The number of hydrogen-bond acceptors (Lipinski definition) is 4. The first-order valence-electron chi connectivity index (χ1n) is 18.7. The Labute approximate surface area is 319 Å². The zero-order valence-corrected chi connectivity index (χ0v) is 31.6. The zero-order valence-electron chi connectivity index (χ0n) is 31.6. The van der Waals surface area contributed by atoms with Crippen LogP contribution in [0.15, 0.2) is 128 Å². The van der Waals surface area contributed by atoms with Crippen LogP contribution in [0.25, 0.3) is 39.4 Å². The topological polar surface area (TPSA) is 79.5 Å². The van der Waals surface area contributed by atoms with Gasteiger partial charge in [0.05, 0.1) is 45.6 Å². The summed E-state index contributed by atoms with van der Waals surface area (Å²) in [5, 5.41) is 31.5. The third-order valence-corrected chi connectivity index (χ3v) is 11.4. The molecule has 5 heteroatoms. The van der Waals surface area contributed by atoms with Gasteiger partial charge >= 0.3 is 0 Å². The Hall–Kier alpha value is -6.61. The molecule has 5 aromatic rings. The van der Waals surface area contributed by atoms with Crippen LogP contribution < -0.4 is 4.90 Å². The number of rotatable bonds is 8. The second-order valence-electron chi connectivity index (χ2n) is 14.2. The predicted molar refractivity (Wildman–Crippen MR) is 222 cm³/mol. The summed E-state index contributed by atoms with van der Waals surface area (Å²) in [6.45, 7) is 15.1. The van der Waals surface area contributed by atoms with E-state index in [9.17, 15) is 15.8 Å². The van der Waals surface area contributed by atoms with Crippen LogP contribution in [0.1, 0.15) is 98.4 Å². The number of para-hydroxylation sites is 1. The molecule has 0 saturated heterocycles. The van der Waals surface area contributed by atoms with E-state index in [4.69, 9.17) is 0 Å². The molecule has 0 amide bonds. The summed E-state index contributed by atoms with van der Waals surface area (Å²) in [5.41, 5.74) is 12.5. The Bertz CT molecular complexity index is 2590. The van der Waals surface area contributed by atoms with Crippen LogP contribution in [0, 0.1) is 34.0 Å². The number of nitriles is 3. The Balaban J connectivity index is 1.51. The van der Waals surface area contributed by atoms with Gasteiger partial charge in [-0.3, -0.25) is 0 Å². The Kier molecular flexibility index (Phi) is 9.56. The minimum absolute atomic E-state index is 0.0914. The van der Waals surface area contributed by atoms with Crippen molar-refractivity contribution >= 4 is 28.2 Å². The number of allylic oxidation sites excluding steroid dienone is 6. The summed E-state index contributed by atoms with van der Waals surface area (Å²) in [4.78, 5) is 2.33. The van der Waals surface area contributed by atoms with E-state index in [2.05, 4.69) is 122 Å². The van der Waals surface area contributed by atoms with Crippen molar-refractivity contribution in [3.05, 3.63) is 167 Å². The third kappa shape index (κ3) is 5.51. The van der Waals surface area contributed by atoms with Gasteiger partial charge in [-0.2, -0.15) is 15.8 Å². The molecule has 0 saturated carbocycles. The highest BCUT2D eigenvalue weighted by molar-refractivity contribution is 5.94. The number of fused-ring (bicyclic) bond motifs is 4. The van der Waals surface area contributed by atoms with Crippen molar-refractivity contribution in [2.75, 3.05) is 4.90 Å². The van der Waals surface area contributed by atoms with E-state index in [1.807, 2.05) is 68.5 Å². The maximum absolute atomic E-state index is 10.4. The van der Waals surface area contributed by atoms with Crippen molar-refractivity contribution in [3.8, 4) is 35.0 Å². The fourth-order valence-corrected chi connectivity index (χ4v) is 8.92. The lowest BCUT2D eigenvalue weighted by Crippen LogP contribution is -2.46. The zero-order chi connectivity index (χ0) is 38.1. The van der Waals surface area contributed by atoms with E-state index < -0.39 is 5.54 Å². The van der Waals surface area contributed by atoms with E-state index >= 15 is 0 Å². The van der Waals surface area contributed by atoms with E-state index in [0.29, 0.717) is 22.6 Å². The minimum atomic E-state index is -0.460. The molecule has 4 aromatic carbocycles. The molecule has 3 unspecified atom stereocenters. The summed E-state index contributed by atoms with van der Waals surface area (Å²) in [7, 11) is 0. The second-order valence-corrected chi connectivity index (χ2v) is 14.2. The third-order valence-electron chi connectivity index (χ3n) is 11.4. The normalized spacial score (nSPS) is 19.3. The molecule has 0 radical (unpaired) electrons. The highest BCUT2D eigenvalue weighted by Crippen LogP contribution is 2.54. The summed E-state index contributed by atoms with van der Waals surface area (Å²) < 4.78 is 2.31. The smallest absolute Gasteiger partial charge is 0.101 e. The number of nitrogens with zero attached hydrogens (tertiary/aromatic N) is 5. The monoisotopic (exact) mass is 701 g/mol. The van der Waals surface area contributed by atoms with Gasteiger partial charge in [-0.15, -0.1) is 0 Å². The molecular formula is C49H43N5. The summed E-state index contributed by atoms with van der Waals surface area (Å²) in [5.74, 6) is 0.411. The average molecular weight is 702 g/mol. The first kappa shape index (κ1) is 35.8. The summed E-state index contributed by atoms with van der Waals surface area (Å²) >= 11 is 0. The maximum Gasteiger partial charge on any atom is 0.101 e. The molecule has 2 heterocycles. The lowest BCUT2D eigenvalue weighted by Gasteiger charge is -2.42. The van der Waals surface area contributed by atoms with Crippen molar-refractivity contribution in [1.29, 1.82) is 15.8 Å². The Morgan fingerprint density at radius 3 is 2.37 bits per heavy atom. The van der Waals surface area contributed by atoms with Crippen LogP contribution in [0.3, 0.4) is 0 Å². The molecule has 1 aromatic heterocycles. The van der Waals surface area contributed by atoms with Crippen molar-refractivity contribution in [2.45, 2.75) is 64.8 Å². The fraction of sp³-hybridized carbons (Fsp3) is 0.204. The van der Waals surface area contributed by atoms with Gasteiger partial charge in [-0.05, 0) is 121 Å². The molecular weight excluding hydrogens is 659 g/mol. The Morgan fingerprint density at radius 2 is 1.67 bits per heavy atom. The highest BCUT2D eigenvalue weighted by atomic mass is 15.2. The lowest BCUT2D eigenvalue weighted by atomic mass is 9.80. The number of hydrogen-bond donors (Lipinski definition) is 0. The number of benzene rings is 4. The van der Waals surface area contributed by atoms with Crippen LogP contribution in [-0.2, 0) is 0 Å². The lowest BCUT2D eigenvalue weighted by molar-refractivity contribution is 0.445. The molecule has 264 valence electrons. The van der Waals surface area contributed by atoms with Crippen molar-refractivity contribution in [2.24, 2.45) is 0 Å². The molecule has 0 N–H and O–H groups in total. The van der Waals surface area contributed by atoms with Gasteiger partial charge in [0.1, 0.15) is 6.07 Å². The predicted octanol–water partition coefficient (Wildman–Crippen LogP) is 12.3. The first-order valence-corrected chi connectivity index (χ1v) is 18.7. The molecule has 0 spiro atoms. The van der Waals surface area contributed by atoms with E-state index in [0.717, 1.165) is 74.3 Å². The van der Waals surface area contributed by atoms with E-state index in [1.165, 1.54) is 5.56 Å². The quantitative estimate of drug-likeness (QED) is 0.119. The van der Waals surface area contributed by atoms with Crippen LogP contribution in [0.2, 0.25) is 0 Å². The SMILES string of the molecule is C=C/C(=C(\C=C/C)c1cc(C#N)ccc1-c1cccc(-n2c3c(c4cc(C#N)ccc42)C(C)CC=C3)c1)N1c2c(C#N)cccc2C(C)C1(/C=C\C)CC. The van der Waals surface area contributed by atoms with Crippen LogP contribution in [0.5, 0.6) is 0 Å². The van der Waals surface area contributed by atoms with Gasteiger partial charge in [-0.25, -0.2) is 0 Å². The number of aromatic nitrogens is 1. The van der Waals surface area contributed by atoms with Gasteiger partial charge in [0, 0.05) is 34.0 Å². The molecule has 1 aliphatic heterocycles. The number of anilines is 1. The molecule has 0 fully saturated rings. The maximum atomic E-state index is 10.4. The van der Waals surface area contributed by atoms with Gasteiger partial charge in [0.15, 0.2) is 0 Å².